The first kappa shape index (κ1) is 17.6. The maximum absolute atomic E-state index is 8.93. The molecule has 1 saturated heterocycles. The van der Waals surface area contributed by atoms with Crippen molar-refractivity contribution in [3.63, 3.8) is 0 Å². The summed E-state index contributed by atoms with van der Waals surface area (Å²) in [7, 11) is 2.17. The molecule has 2 N–H and O–H groups in total. The Labute approximate surface area is 162 Å². The molecule has 2 aromatic heterocycles. The van der Waals surface area contributed by atoms with Crippen LogP contribution in [0.5, 0.6) is 0 Å². The van der Waals surface area contributed by atoms with Crippen LogP contribution in [0.4, 0.5) is 17.3 Å². The minimum absolute atomic E-state index is 0.543. The molecule has 138 valence electrons. The van der Waals surface area contributed by atoms with E-state index < -0.39 is 0 Å². The number of likely N-dealkylation sites (tertiary alicyclic amines) is 1. The van der Waals surface area contributed by atoms with Crippen molar-refractivity contribution in [1.29, 1.82) is 5.26 Å². The van der Waals surface area contributed by atoms with Crippen LogP contribution in [0.25, 0.3) is 10.6 Å². The molecule has 4 rings (SSSR count). The van der Waals surface area contributed by atoms with Crippen LogP contribution in [0.1, 0.15) is 17.7 Å². The van der Waals surface area contributed by atoms with E-state index in [1.165, 1.54) is 24.2 Å². The summed E-state index contributed by atoms with van der Waals surface area (Å²) in [4.78, 5) is 3.95. The van der Waals surface area contributed by atoms with Crippen LogP contribution < -0.4 is 10.6 Å². The zero-order chi connectivity index (χ0) is 18.6. The lowest BCUT2D eigenvalue weighted by atomic mass is 10.1. The molecular weight excluding hydrogens is 358 g/mol. The number of hydrogen-bond donors (Lipinski definition) is 2. The van der Waals surface area contributed by atoms with Gasteiger partial charge in [-0.3, -0.25) is 0 Å². The van der Waals surface area contributed by atoms with Gasteiger partial charge in [0.25, 0.3) is 0 Å². The summed E-state index contributed by atoms with van der Waals surface area (Å²) in [5, 5.41) is 19.8. The Bertz CT molecular complexity index is 932. The van der Waals surface area contributed by atoms with Crippen molar-refractivity contribution in [1.82, 2.24) is 10.1 Å². The molecule has 1 aromatic carbocycles. The van der Waals surface area contributed by atoms with Gasteiger partial charge in [0.2, 0.25) is 5.88 Å². The van der Waals surface area contributed by atoms with Crippen LogP contribution in [-0.4, -0.2) is 36.2 Å². The van der Waals surface area contributed by atoms with Crippen molar-refractivity contribution in [2.45, 2.75) is 18.9 Å². The lowest BCUT2D eigenvalue weighted by molar-refractivity contribution is 0.264. The Balaban J connectivity index is 1.36. The summed E-state index contributed by atoms with van der Waals surface area (Å²) in [5.41, 5.74) is 2.80. The van der Waals surface area contributed by atoms with Crippen LogP contribution in [0.3, 0.4) is 0 Å². The number of nitrogens with zero attached hydrogens (tertiary/aromatic N) is 3. The molecule has 7 heteroatoms. The third kappa shape index (κ3) is 4.30. The predicted octanol–water partition coefficient (Wildman–Crippen LogP) is 4.52. The number of thiophene rings is 1. The van der Waals surface area contributed by atoms with E-state index in [1.54, 1.807) is 6.07 Å². The molecule has 1 fully saturated rings. The fourth-order valence-electron chi connectivity index (χ4n) is 3.17. The van der Waals surface area contributed by atoms with E-state index in [-0.39, 0.29) is 0 Å². The highest BCUT2D eigenvalue weighted by Crippen LogP contribution is 2.30. The molecule has 0 radical (unpaired) electrons. The average Bonchev–Trinajstić information content (AvgIpc) is 3.34. The first-order chi connectivity index (χ1) is 13.2. The maximum atomic E-state index is 8.93. The fourth-order valence-corrected chi connectivity index (χ4v) is 3.92. The smallest absolute Gasteiger partial charge is 0.229 e. The summed E-state index contributed by atoms with van der Waals surface area (Å²) in [6.07, 6.45) is 2.35. The van der Waals surface area contributed by atoms with Gasteiger partial charge in [-0.05, 0) is 69.4 Å². The summed E-state index contributed by atoms with van der Waals surface area (Å²) in [6.45, 7) is 2.29. The Morgan fingerprint density at radius 3 is 2.59 bits per heavy atom. The van der Waals surface area contributed by atoms with Gasteiger partial charge in [-0.15, -0.1) is 11.3 Å². The third-order valence-corrected chi connectivity index (χ3v) is 5.73. The van der Waals surface area contributed by atoms with Crippen molar-refractivity contribution in [2.24, 2.45) is 0 Å². The molecule has 0 unspecified atom stereocenters. The quantitative estimate of drug-likeness (QED) is 0.678. The van der Waals surface area contributed by atoms with E-state index >= 15 is 0 Å². The standard InChI is InChI=1S/C20H21N5OS/c1-25-10-8-16(9-11-25)22-14-2-4-15(5-3-14)23-20-12-18(24-26-20)19-7-6-17(13-21)27-19/h2-7,12,16,22-23H,8-11H2,1H3. The number of hydrogen-bond acceptors (Lipinski definition) is 7. The summed E-state index contributed by atoms with van der Waals surface area (Å²) in [5.74, 6) is 0.577. The first-order valence-electron chi connectivity index (χ1n) is 8.99. The molecule has 6 nitrogen and oxygen atoms in total. The van der Waals surface area contributed by atoms with E-state index in [1.807, 2.05) is 24.3 Å². The van der Waals surface area contributed by atoms with Gasteiger partial charge in [0.05, 0.1) is 4.88 Å². The number of rotatable bonds is 5. The van der Waals surface area contributed by atoms with Gasteiger partial charge in [-0.25, -0.2) is 0 Å². The van der Waals surface area contributed by atoms with Crippen LogP contribution in [0, 0.1) is 11.3 Å². The second-order valence-electron chi connectivity index (χ2n) is 6.78. The van der Waals surface area contributed by atoms with E-state index in [4.69, 9.17) is 9.78 Å². The van der Waals surface area contributed by atoms with Gasteiger partial charge in [0, 0.05) is 23.5 Å². The van der Waals surface area contributed by atoms with Gasteiger partial charge in [0.1, 0.15) is 16.6 Å². The Kier molecular flexibility index (Phi) is 5.10. The van der Waals surface area contributed by atoms with Crippen molar-refractivity contribution in [3.05, 3.63) is 47.3 Å². The van der Waals surface area contributed by atoms with Crippen LogP contribution >= 0.6 is 11.3 Å². The summed E-state index contributed by atoms with van der Waals surface area (Å²) < 4.78 is 5.37. The maximum Gasteiger partial charge on any atom is 0.229 e. The topological polar surface area (TPSA) is 77.1 Å². The summed E-state index contributed by atoms with van der Waals surface area (Å²) in [6, 6.07) is 16.4. The minimum Gasteiger partial charge on any atom is -0.382 e. The molecule has 0 bridgehead atoms. The molecule has 3 heterocycles. The van der Waals surface area contributed by atoms with Crippen LogP contribution in [0.2, 0.25) is 0 Å². The SMILES string of the molecule is CN1CCC(Nc2ccc(Nc3cc(-c4ccc(C#N)s4)no3)cc2)CC1. The van der Waals surface area contributed by atoms with E-state index in [9.17, 15) is 0 Å². The highest BCUT2D eigenvalue weighted by Gasteiger charge is 2.16. The Hall–Kier alpha value is -2.82. The van der Waals surface area contributed by atoms with Crippen LogP contribution in [0.15, 0.2) is 47.0 Å². The van der Waals surface area contributed by atoms with Crippen LogP contribution in [-0.2, 0) is 0 Å². The van der Waals surface area contributed by atoms with Crippen molar-refractivity contribution in [2.75, 3.05) is 30.8 Å². The van der Waals surface area contributed by atoms with E-state index in [0.29, 0.717) is 16.8 Å². The molecule has 1 aliphatic heterocycles. The zero-order valence-electron chi connectivity index (χ0n) is 15.1. The fraction of sp³-hybridized carbons (Fsp3) is 0.300. The van der Waals surface area contributed by atoms with Crippen molar-refractivity contribution >= 4 is 28.6 Å². The Morgan fingerprint density at radius 2 is 1.89 bits per heavy atom. The minimum atomic E-state index is 0.543. The molecule has 0 aliphatic carbocycles. The average molecular weight is 379 g/mol. The van der Waals surface area contributed by atoms with Crippen molar-refractivity contribution in [3.8, 4) is 16.6 Å². The summed E-state index contributed by atoms with van der Waals surface area (Å²) >= 11 is 1.40. The molecule has 0 atom stereocenters. The normalized spacial score (nSPS) is 15.4. The first-order valence-corrected chi connectivity index (χ1v) is 9.80. The van der Waals surface area contributed by atoms with Crippen molar-refractivity contribution < 1.29 is 4.52 Å². The largest absolute Gasteiger partial charge is 0.382 e. The molecule has 1 aliphatic rings. The molecule has 0 amide bonds. The van der Waals surface area contributed by atoms with Gasteiger partial charge < -0.3 is 20.1 Å². The zero-order valence-corrected chi connectivity index (χ0v) is 15.9. The highest BCUT2D eigenvalue weighted by atomic mass is 32.1. The Morgan fingerprint density at radius 1 is 1.15 bits per heavy atom. The molecule has 3 aromatic rings. The molecular formula is C20H21N5OS. The second-order valence-corrected chi connectivity index (χ2v) is 7.86. The lowest BCUT2D eigenvalue weighted by Crippen LogP contribution is -2.36. The lowest BCUT2D eigenvalue weighted by Gasteiger charge is -2.30. The van der Waals surface area contributed by atoms with Gasteiger partial charge in [-0.1, -0.05) is 5.16 Å². The van der Waals surface area contributed by atoms with Gasteiger partial charge in [0.15, 0.2) is 0 Å². The third-order valence-electron chi connectivity index (χ3n) is 4.72. The monoisotopic (exact) mass is 379 g/mol. The molecule has 0 spiro atoms. The number of anilines is 3. The molecule has 0 saturated carbocycles. The molecule has 27 heavy (non-hydrogen) atoms. The van der Waals surface area contributed by atoms with Gasteiger partial charge in [-0.2, -0.15) is 5.26 Å². The number of nitrogens with one attached hydrogen (secondary N) is 2. The van der Waals surface area contributed by atoms with E-state index in [0.717, 1.165) is 35.0 Å². The number of nitriles is 1. The van der Waals surface area contributed by atoms with E-state index in [2.05, 4.69) is 45.9 Å². The van der Waals surface area contributed by atoms with Gasteiger partial charge >= 0.3 is 0 Å². The number of piperidine rings is 1. The number of benzene rings is 1. The number of aromatic nitrogens is 1. The predicted molar refractivity (Wildman–Crippen MR) is 108 cm³/mol. The highest BCUT2D eigenvalue weighted by molar-refractivity contribution is 7.15. The second kappa shape index (κ2) is 7.82.